The van der Waals surface area contributed by atoms with Crippen LogP contribution in [0, 0.1) is 0 Å². The maximum atomic E-state index is 12.2. The highest BCUT2D eigenvalue weighted by Crippen LogP contribution is 2.19. The molecule has 0 bridgehead atoms. The second-order valence-electron chi connectivity index (χ2n) is 4.99. The number of ether oxygens (including phenoxy) is 1. The normalized spacial score (nSPS) is 10.3. The topological polar surface area (TPSA) is 43.4 Å². The van der Waals surface area contributed by atoms with Gasteiger partial charge in [0.25, 0.3) is 0 Å². The van der Waals surface area contributed by atoms with E-state index in [0.717, 1.165) is 10.0 Å². The highest BCUT2D eigenvalue weighted by atomic mass is 79.9. The van der Waals surface area contributed by atoms with Crippen molar-refractivity contribution in [2.45, 2.75) is 19.3 Å². The maximum Gasteiger partial charge on any atom is 0.338 e. The van der Waals surface area contributed by atoms with E-state index in [-0.39, 0.29) is 12.2 Å². The minimum atomic E-state index is -0.424. The van der Waals surface area contributed by atoms with Gasteiger partial charge in [-0.1, -0.05) is 52.3 Å². The molecule has 114 valence electrons. The van der Waals surface area contributed by atoms with Gasteiger partial charge < -0.3 is 4.74 Å². The third-order valence-electron chi connectivity index (χ3n) is 3.40. The summed E-state index contributed by atoms with van der Waals surface area (Å²) in [7, 11) is 1.34. The Hall–Kier alpha value is -1.94. The largest absolute Gasteiger partial charge is 0.465 e. The first kappa shape index (κ1) is 16.4. The highest BCUT2D eigenvalue weighted by molar-refractivity contribution is 9.10. The number of carbonyl (C=O) groups excluding carboxylic acids is 2. The van der Waals surface area contributed by atoms with Gasteiger partial charge in [-0.2, -0.15) is 0 Å². The van der Waals surface area contributed by atoms with Crippen LogP contribution in [-0.4, -0.2) is 18.9 Å². The van der Waals surface area contributed by atoms with Crippen molar-refractivity contribution in [1.29, 1.82) is 0 Å². The molecule has 0 aliphatic rings. The van der Waals surface area contributed by atoms with Gasteiger partial charge in [0, 0.05) is 17.3 Å². The number of hydrogen-bond donors (Lipinski definition) is 0. The molecule has 4 heteroatoms. The van der Waals surface area contributed by atoms with Crippen LogP contribution in [0.2, 0.25) is 0 Å². The summed E-state index contributed by atoms with van der Waals surface area (Å²) in [6.07, 6.45) is 1.41. The van der Waals surface area contributed by atoms with Gasteiger partial charge in [0.15, 0.2) is 0 Å². The van der Waals surface area contributed by atoms with Crippen molar-refractivity contribution >= 4 is 27.7 Å². The molecule has 0 N–H and O–H groups in total. The van der Waals surface area contributed by atoms with Crippen molar-refractivity contribution in [2.75, 3.05) is 7.11 Å². The molecule has 0 aromatic heterocycles. The molecule has 2 aromatic rings. The SMILES string of the molecule is COC(=O)c1cc(Br)ccc1CC(=O)CCc1ccccc1. The standard InChI is InChI=1S/C18H17BrO3/c1-22-18(21)17-12-15(19)9-8-14(17)11-16(20)10-7-13-5-3-2-4-6-13/h2-6,8-9,12H,7,10-11H2,1H3. The smallest absolute Gasteiger partial charge is 0.338 e. The molecule has 22 heavy (non-hydrogen) atoms. The van der Waals surface area contributed by atoms with E-state index in [9.17, 15) is 9.59 Å². The molecule has 0 spiro atoms. The first-order valence-corrected chi connectivity index (χ1v) is 7.82. The van der Waals surface area contributed by atoms with Crippen molar-refractivity contribution in [2.24, 2.45) is 0 Å². The summed E-state index contributed by atoms with van der Waals surface area (Å²) in [5.41, 5.74) is 2.28. The van der Waals surface area contributed by atoms with E-state index in [1.807, 2.05) is 36.4 Å². The zero-order valence-corrected chi connectivity index (χ0v) is 13.9. The Labute approximate surface area is 138 Å². The van der Waals surface area contributed by atoms with Gasteiger partial charge in [0.2, 0.25) is 0 Å². The van der Waals surface area contributed by atoms with E-state index in [1.165, 1.54) is 7.11 Å². The van der Waals surface area contributed by atoms with Gasteiger partial charge in [-0.05, 0) is 29.7 Å². The molecule has 2 aromatic carbocycles. The number of halogens is 1. The predicted molar refractivity (Wildman–Crippen MR) is 89.0 cm³/mol. The van der Waals surface area contributed by atoms with Crippen molar-refractivity contribution < 1.29 is 14.3 Å². The lowest BCUT2D eigenvalue weighted by Gasteiger charge is -2.08. The van der Waals surface area contributed by atoms with E-state index in [2.05, 4.69) is 15.9 Å². The molecule has 0 unspecified atom stereocenters. The van der Waals surface area contributed by atoms with Gasteiger partial charge >= 0.3 is 5.97 Å². The minimum absolute atomic E-state index is 0.108. The van der Waals surface area contributed by atoms with E-state index < -0.39 is 5.97 Å². The van der Waals surface area contributed by atoms with Crippen LogP contribution in [0.15, 0.2) is 53.0 Å². The molecular formula is C18H17BrO3. The molecule has 0 aliphatic heterocycles. The third-order valence-corrected chi connectivity index (χ3v) is 3.89. The van der Waals surface area contributed by atoms with E-state index in [0.29, 0.717) is 24.0 Å². The van der Waals surface area contributed by atoms with Gasteiger partial charge in [-0.25, -0.2) is 4.79 Å². The number of benzene rings is 2. The van der Waals surface area contributed by atoms with Gasteiger partial charge in [0.05, 0.1) is 12.7 Å². The molecule has 0 radical (unpaired) electrons. The van der Waals surface area contributed by atoms with E-state index in [1.54, 1.807) is 12.1 Å². The number of ketones is 1. The van der Waals surface area contributed by atoms with Crippen LogP contribution < -0.4 is 0 Å². The quantitative estimate of drug-likeness (QED) is 0.731. The average Bonchev–Trinajstić information content (AvgIpc) is 2.55. The Morgan fingerprint density at radius 2 is 1.82 bits per heavy atom. The van der Waals surface area contributed by atoms with Crippen LogP contribution in [0.1, 0.15) is 27.9 Å². The number of esters is 1. The maximum absolute atomic E-state index is 12.2. The summed E-state index contributed by atoms with van der Waals surface area (Å²) < 4.78 is 5.56. The van der Waals surface area contributed by atoms with Crippen molar-refractivity contribution in [3.05, 3.63) is 69.7 Å². The number of rotatable bonds is 6. The number of Topliss-reactive ketones (excluding diaryl/α,β-unsaturated/α-hetero) is 1. The lowest BCUT2D eigenvalue weighted by Crippen LogP contribution is -2.11. The summed E-state index contributed by atoms with van der Waals surface area (Å²) in [5, 5.41) is 0. The Balaban J connectivity index is 2.03. The zero-order valence-electron chi connectivity index (χ0n) is 12.3. The van der Waals surface area contributed by atoms with Gasteiger partial charge in [-0.15, -0.1) is 0 Å². The molecule has 3 nitrogen and oxygen atoms in total. The lowest BCUT2D eigenvalue weighted by molar-refractivity contribution is -0.118. The van der Waals surface area contributed by atoms with Crippen LogP contribution >= 0.6 is 15.9 Å². The minimum Gasteiger partial charge on any atom is -0.465 e. The molecule has 0 saturated carbocycles. The molecule has 0 aliphatic carbocycles. The fourth-order valence-electron chi connectivity index (χ4n) is 2.23. The molecule has 0 saturated heterocycles. The first-order chi connectivity index (χ1) is 10.6. The average molecular weight is 361 g/mol. The summed E-state index contributed by atoms with van der Waals surface area (Å²) in [6, 6.07) is 15.2. The van der Waals surface area contributed by atoms with Crippen molar-refractivity contribution in [1.82, 2.24) is 0 Å². The molecule has 0 heterocycles. The zero-order chi connectivity index (χ0) is 15.9. The molecule has 0 amide bonds. The summed E-state index contributed by atoms with van der Waals surface area (Å²) >= 11 is 3.33. The fraction of sp³-hybridized carbons (Fsp3) is 0.222. The Kier molecular flexibility index (Phi) is 5.90. The van der Waals surface area contributed by atoms with Gasteiger partial charge in [-0.3, -0.25) is 4.79 Å². The van der Waals surface area contributed by atoms with Crippen LogP contribution in [-0.2, 0) is 22.4 Å². The van der Waals surface area contributed by atoms with Crippen molar-refractivity contribution in [3.8, 4) is 0 Å². The number of hydrogen-bond acceptors (Lipinski definition) is 3. The van der Waals surface area contributed by atoms with Crippen LogP contribution in [0.4, 0.5) is 0 Å². The van der Waals surface area contributed by atoms with E-state index in [4.69, 9.17) is 4.74 Å². The number of methoxy groups -OCH3 is 1. The Morgan fingerprint density at radius 1 is 1.09 bits per heavy atom. The Bertz CT molecular complexity index is 665. The monoisotopic (exact) mass is 360 g/mol. The van der Waals surface area contributed by atoms with Crippen molar-refractivity contribution in [3.63, 3.8) is 0 Å². The molecular weight excluding hydrogens is 344 g/mol. The predicted octanol–water partition coefficient (Wildman–Crippen LogP) is 3.98. The molecule has 0 fully saturated rings. The van der Waals surface area contributed by atoms with Crippen LogP contribution in [0.3, 0.4) is 0 Å². The fourth-order valence-corrected chi connectivity index (χ4v) is 2.59. The third kappa shape index (κ3) is 4.53. The van der Waals surface area contributed by atoms with E-state index >= 15 is 0 Å². The second-order valence-corrected chi connectivity index (χ2v) is 5.91. The highest BCUT2D eigenvalue weighted by Gasteiger charge is 2.15. The van der Waals surface area contributed by atoms with Crippen LogP contribution in [0.25, 0.3) is 0 Å². The molecule has 2 rings (SSSR count). The number of carbonyl (C=O) groups is 2. The summed E-state index contributed by atoms with van der Waals surface area (Å²) in [5.74, 6) is -0.316. The number of aryl methyl sites for hydroxylation is 1. The molecule has 0 atom stereocenters. The van der Waals surface area contributed by atoms with Gasteiger partial charge in [0.1, 0.15) is 5.78 Å². The first-order valence-electron chi connectivity index (χ1n) is 7.02. The lowest BCUT2D eigenvalue weighted by atomic mass is 9.99. The Morgan fingerprint density at radius 3 is 2.50 bits per heavy atom. The second kappa shape index (κ2) is 7.90. The van der Waals surface area contributed by atoms with Crippen LogP contribution in [0.5, 0.6) is 0 Å². The summed E-state index contributed by atoms with van der Waals surface area (Å²) in [4.78, 5) is 24.0. The summed E-state index contributed by atoms with van der Waals surface area (Å²) in [6.45, 7) is 0.